The molecule has 2 saturated heterocycles. The fourth-order valence-corrected chi connectivity index (χ4v) is 6.55. The van der Waals surface area contributed by atoms with Gasteiger partial charge in [-0.05, 0) is 51.4 Å². The molecule has 0 bridgehead atoms. The number of ketones is 2. The summed E-state index contributed by atoms with van der Waals surface area (Å²) in [7, 11) is 1.52. The number of aliphatic hydroxyl groups excluding tert-OH is 1. The molecular weight excluding hydrogens is 518 g/mol. The van der Waals surface area contributed by atoms with Crippen LogP contribution in [0.25, 0.3) is 0 Å². The lowest BCUT2D eigenvalue weighted by Gasteiger charge is -2.44. The number of cyclic esters (lactones) is 1. The topological polar surface area (TPSA) is 129 Å². The van der Waals surface area contributed by atoms with Crippen LogP contribution in [0, 0.1) is 29.1 Å². The molecule has 40 heavy (non-hydrogen) atoms. The highest BCUT2D eigenvalue weighted by Crippen LogP contribution is 2.41. The van der Waals surface area contributed by atoms with Gasteiger partial charge in [-0.2, -0.15) is 0 Å². The Kier molecular flexibility index (Phi) is 9.90. The maximum atomic E-state index is 13.8. The van der Waals surface area contributed by atoms with Gasteiger partial charge in [0.2, 0.25) is 0 Å². The third kappa shape index (κ3) is 6.29. The van der Waals surface area contributed by atoms with Crippen LogP contribution in [0.2, 0.25) is 0 Å². The number of carbonyl (C=O) groups is 4. The van der Waals surface area contributed by atoms with Gasteiger partial charge < -0.3 is 24.1 Å². The van der Waals surface area contributed by atoms with Gasteiger partial charge in [0.1, 0.15) is 18.1 Å². The number of rotatable bonds is 3. The molecule has 1 amide bonds. The SMILES string of the molecule is CC[C@H]1OC(=O)[C@H](C)C(=O)[C@H](C)[C@@H](OC2O[C@H](C)C[C@H](C)[C@H]2O)C(C)(C)C[C@@H](C)C(=O)/C(C)=C2/[C@@H]1OC(=O)N2C. The molecule has 0 aromatic heterocycles. The van der Waals surface area contributed by atoms with E-state index in [1.54, 1.807) is 20.8 Å². The Morgan fingerprint density at radius 3 is 2.27 bits per heavy atom. The van der Waals surface area contributed by atoms with Gasteiger partial charge in [-0.1, -0.05) is 41.5 Å². The number of fused-ring (bicyclic) bond motifs is 1. The van der Waals surface area contributed by atoms with Crippen LogP contribution < -0.4 is 0 Å². The minimum atomic E-state index is -1.12. The number of nitrogens with zero attached hydrogens (tertiary/aromatic N) is 1. The maximum Gasteiger partial charge on any atom is 0.414 e. The maximum absolute atomic E-state index is 13.8. The van der Waals surface area contributed by atoms with E-state index in [1.807, 2.05) is 34.6 Å². The molecule has 0 saturated carbocycles. The molecular formula is C30H47NO9. The summed E-state index contributed by atoms with van der Waals surface area (Å²) < 4.78 is 23.7. The summed E-state index contributed by atoms with van der Waals surface area (Å²) in [5, 5.41) is 10.9. The van der Waals surface area contributed by atoms with E-state index in [0.717, 1.165) is 0 Å². The number of ether oxygens (including phenoxy) is 4. The first-order chi connectivity index (χ1) is 18.5. The number of likely N-dealkylation sites (N-methyl/N-ethyl adjacent to an activating group) is 1. The minimum absolute atomic E-state index is 0.0719. The molecule has 0 aromatic carbocycles. The molecule has 226 valence electrons. The number of esters is 1. The number of carbonyl (C=O) groups excluding carboxylic acids is 4. The zero-order chi connectivity index (χ0) is 30.3. The number of hydrogen-bond donors (Lipinski definition) is 1. The Morgan fingerprint density at radius 2 is 1.68 bits per heavy atom. The van der Waals surface area contributed by atoms with Crippen LogP contribution in [-0.4, -0.2) is 77.5 Å². The predicted octanol–water partition coefficient (Wildman–Crippen LogP) is 4.03. The molecule has 1 unspecified atom stereocenters. The molecule has 0 spiro atoms. The summed E-state index contributed by atoms with van der Waals surface area (Å²) in [6.45, 7) is 16.1. The quantitative estimate of drug-likeness (QED) is 0.398. The van der Waals surface area contributed by atoms with E-state index in [2.05, 4.69) is 0 Å². The number of hydrogen-bond acceptors (Lipinski definition) is 9. The van der Waals surface area contributed by atoms with Crippen molar-refractivity contribution in [2.45, 2.75) is 118 Å². The van der Waals surface area contributed by atoms with Crippen LogP contribution in [0.4, 0.5) is 4.79 Å². The zero-order valence-corrected chi connectivity index (χ0v) is 25.6. The normalized spacial score (nSPS) is 41.7. The Hall–Kier alpha value is -2.30. The monoisotopic (exact) mass is 565 g/mol. The molecule has 3 aliphatic heterocycles. The van der Waals surface area contributed by atoms with Crippen molar-refractivity contribution in [1.29, 1.82) is 0 Å². The van der Waals surface area contributed by atoms with Gasteiger partial charge in [-0.25, -0.2) is 4.79 Å². The van der Waals surface area contributed by atoms with Crippen LogP contribution in [0.3, 0.4) is 0 Å². The lowest BCUT2D eigenvalue weighted by atomic mass is 9.71. The van der Waals surface area contributed by atoms with E-state index in [4.69, 9.17) is 18.9 Å². The average Bonchev–Trinajstić information content (AvgIpc) is 3.18. The van der Waals surface area contributed by atoms with E-state index < -0.39 is 65.9 Å². The van der Waals surface area contributed by atoms with Crippen molar-refractivity contribution in [3.63, 3.8) is 0 Å². The molecule has 10 atom stereocenters. The summed E-state index contributed by atoms with van der Waals surface area (Å²) in [6, 6.07) is 0. The smallest absolute Gasteiger partial charge is 0.414 e. The summed E-state index contributed by atoms with van der Waals surface area (Å²) in [5.74, 6) is -3.78. The van der Waals surface area contributed by atoms with Gasteiger partial charge >= 0.3 is 12.1 Å². The van der Waals surface area contributed by atoms with E-state index in [-0.39, 0.29) is 23.6 Å². The van der Waals surface area contributed by atoms with Crippen molar-refractivity contribution in [2.24, 2.45) is 29.1 Å². The van der Waals surface area contributed by atoms with Gasteiger partial charge in [0.05, 0.1) is 17.9 Å². The van der Waals surface area contributed by atoms with Crippen LogP contribution in [0.5, 0.6) is 0 Å². The van der Waals surface area contributed by atoms with Crippen molar-refractivity contribution in [2.75, 3.05) is 7.05 Å². The van der Waals surface area contributed by atoms with Gasteiger partial charge in [-0.15, -0.1) is 0 Å². The fraction of sp³-hybridized carbons (Fsp3) is 0.800. The predicted molar refractivity (Wildman–Crippen MR) is 146 cm³/mol. The molecule has 3 heterocycles. The van der Waals surface area contributed by atoms with Crippen LogP contribution in [0.15, 0.2) is 11.3 Å². The number of allylic oxidation sites excluding steroid dienone is 1. The highest BCUT2D eigenvalue weighted by atomic mass is 16.7. The molecule has 10 nitrogen and oxygen atoms in total. The number of Topliss-reactive ketones (excluding diaryl/α,β-unsaturated/α-hetero) is 2. The summed E-state index contributed by atoms with van der Waals surface area (Å²) in [6.07, 6.45) is -3.94. The summed E-state index contributed by atoms with van der Waals surface area (Å²) in [4.78, 5) is 54.6. The van der Waals surface area contributed by atoms with Crippen LogP contribution in [-0.2, 0) is 33.3 Å². The van der Waals surface area contributed by atoms with E-state index in [9.17, 15) is 24.3 Å². The third-order valence-corrected chi connectivity index (χ3v) is 8.84. The van der Waals surface area contributed by atoms with Gasteiger partial charge in [0, 0.05) is 24.5 Å². The fourth-order valence-electron chi connectivity index (χ4n) is 6.55. The minimum Gasteiger partial charge on any atom is -0.457 e. The molecule has 3 aliphatic rings. The van der Waals surface area contributed by atoms with Gasteiger partial charge in [0.15, 0.2) is 24.0 Å². The largest absolute Gasteiger partial charge is 0.457 e. The second kappa shape index (κ2) is 12.3. The highest BCUT2D eigenvalue weighted by molar-refractivity contribution is 6.00. The zero-order valence-electron chi connectivity index (χ0n) is 25.6. The second-order valence-corrected chi connectivity index (χ2v) is 12.7. The summed E-state index contributed by atoms with van der Waals surface area (Å²) >= 11 is 0. The molecule has 1 N–H and O–H groups in total. The van der Waals surface area contributed by atoms with Crippen LogP contribution >= 0.6 is 0 Å². The van der Waals surface area contributed by atoms with Crippen molar-refractivity contribution in [3.05, 3.63) is 11.3 Å². The lowest BCUT2D eigenvalue weighted by molar-refractivity contribution is -0.284. The number of amides is 1. The molecule has 3 rings (SSSR count). The first-order valence-corrected chi connectivity index (χ1v) is 14.4. The first kappa shape index (κ1) is 32.2. The standard InChI is InChI=1S/C30H47NO9/c1-11-20-25-21(31(10)29(36)39-25)17(5)22(32)15(3)13-30(8,9)26(18(6)24(34)19(7)27(35)38-20)40-28-23(33)14(2)12-16(4)37-28/h14-16,18-20,23,25-26,28,33H,11-13H2,1-10H3/b21-17-/t14-,15+,16+,18-,19+,20+,23+,25+,26+,28?/m0/s1. The van der Waals surface area contributed by atoms with E-state index >= 15 is 0 Å². The summed E-state index contributed by atoms with van der Waals surface area (Å²) in [5.41, 5.74) is -0.0375. The molecule has 2 fully saturated rings. The Balaban J connectivity index is 2.09. The van der Waals surface area contributed by atoms with Crippen molar-refractivity contribution >= 4 is 23.6 Å². The second-order valence-electron chi connectivity index (χ2n) is 12.7. The first-order valence-electron chi connectivity index (χ1n) is 14.4. The number of aliphatic hydroxyl groups is 1. The van der Waals surface area contributed by atoms with Crippen molar-refractivity contribution in [1.82, 2.24) is 4.90 Å². The Labute approximate surface area is 237 Å². The van der Waals surface area contributed by atoms with Gasteiger partial charge in [-0.3, -0.25) is 19.3 Å². The Morgan fingerprint density at radius 1 is 1.05 bits per heavy atom. The Bertz CT molecular complexity index is 1040. The average molecular weight is 566 g/mol. The van der Waals surface area contributed by atoms with Crippen molar-refractivity contribution in [3.8, 4) is 0 Å². The molecule has 0 aromatic rings. The molecule has 0 aliphatic carbocycles. The van der Waals surface area contributed by atoms with Crippen LogP contribution in [0.1, 0.15) is 81.6 Å². The lowest BCUT2D eigenvalue weighted by Crippen LogP contribution is -2.52. The molecule has 10 heteroatoms. The van der Waals surface area contributed by atoms with E-state index in [0.29, 0.717) is 30.5 Å². The van der Waals surface area contributed by atoms with Gasteiger partial charge in [0.25, 0.3) is 0 Å². The van der Waals surface area contributed by atoms with E-state index in [1.165, 1.54) is 18.9 Å². The highest BCUT2D eigenvalue weighted by Gasteiger charge is 2.48. The molecule has 0 radical (unpaired) electrons. The van der Waals surface area contributed by atoms with Crippen molar-refractivity contribution < 1.29 is 43.2 Å². The third-order valence-electron chi connectivity index (χ3n) is 8.84.